The van der Waals surface area contributed by atoms with E-state index >= 15 is 0 Å². The van der Waals surface area contributed by atoms with Crippen LogP contribution in [0.15, 0.2) is 77.7 Å². The number of hydrogen-bond acceptors (Lipinski definition) is 3. The van der Waals surface area contributed by atoms with Crippen molar-refractivity contribution in [3.05, 3.63) is 95.1 Å². The lowest BCUT2D eigenvalue weighted by molar-refractivity contribution is 0.102. The Kier molecular flexibility index (Phi) is 5.94. The number of sulfonamides is 1. The molecule has 31 heavy (non-hydrogen) atoms. The van der Waals surface area contributed by atoms with E-state index in [2.05, 4.69) is 19.2 Å². The van der Waals surface area contributed by atoms with Crippen LogP contribution >= 0.6 is 0 Å². The zero-order valence-corrected chi connectivity index (χ0v) is 18.5. The molecule has 0 unspecified atom stereocenters. The molecule has 3 aromatic rings. The first-order chi connectivity index (χ1) is 14.9. The molecule has 0 spiro atoms. The zero-order chi connectivity index (χ0) is 22.0. The molecule has 1 amide bonds. The second kappa shape index (κ2) is 8.65. The van der Waals surface area contributed by atoms with Gasteiger partial charge in [-0.05, 0) is 53.3 Å². The van der Waals surface area contributed by atoms with Crippen molar-refractivity contribution >= 4 is 21.6 Å². The topological polar surface area (TPSA) is 66.5 Å². The molecule has 0 aromatic heterocycles. The number of benzene rings is 3. The molecule has 0 fully saturated rings. The molecule has 6 heteroatoms. The molecule has 1 N–H and O–H groups in total. The summed E-state index contributed by atoms with van der Waals surface area (Å²) < 4.78 is 28.0. The van der Waals surface area contributed by atoms with E-state index < -0.39 is 10.0 Å². The Morgan fingerprint density at radius 3 is 2.42 bits per heavy atom. The molecule has 0 saturated heterocycles. The van der Waals surface area contributed by atoms with E-state index in [1.807, 2.05) is 48.5 Å². The Morgan fingerprint density at radius 1 is 0.935 bits per heavy atom. The van der Waals surface area contributed by atoms with Gasteiger partial charge in [0.1, 0.15) is 0 Å². The summed E-state index contributed by atoms with van der Waals surface area (Å²) in [5, 5.41) is 2.93. The number of rotatable bonds is 5. The van der Waals surface area contributed by atoms with Crippen LogP contribution in [0.4, 0.5) is 5.69 Å². The molecule has 0 saturated carbocycles. The van der Waals surface area contributed by atoms with E-state index in [1.54, 1.807) is 18.2 Å². The van der Waals surface area contributed by atoms with E-state index in [1.165, 1.54) is 15.9 Å². The number of hydrogen-bond donors (Lipinski definition) is 1. The second-order valence-corrected chi connectivity index (χ2v) is 10.0. The van der Waals surface area contributed by atoms with E-state index in [9.17, 15) is 13.2 Å². The number of nitrogens with zero attached hydrogens (tertiary/aromatic N) is 1. The van der Waals surface area contributed by atoms with Crippen molar-refractivity contribution in [2.24, 2.45) is 0 Å². The number of carbonyl (C=O) groups excluding carboxylic acids is 1. The Bertz CT molecular complexity index is 1220. The molecule has 4 rings (SSSR count). The summed E-state index contributed by atoms with van der Waals surface area (Å²) in [6.45, 7) is 4.90. The minimum Gasteiger partial charge on any atom is -0.322 e. The molecule has 1 heterocycles. The van der Waals surface area contributed by atoms with Gasteiger partial charge in [-0.3, -0.25) is 4.79 Å². The van der Waals surface area contributed by atoms with E-state index in [0.29, 0.717) is 25.1 Å². The van der Waals surface area contributed by atoms with Gasteiger partial charge in [0.05, 0.1) is 4.90 Å². The molecule has 0 bridgehead atoms. The monoisotopic (exact) mass is 434 g/mol. The second-order valence-electron chi connectivity index (χ2n) is 8.08. The fourth-order valence-corrected chi connectivity index (χ4v) is 5.40. The predicted molar refractivity (Wildman–Crippen MR) is 123 cm³/mol. The van der Waals surface area contributed by atoms with Gasteiger partial charge in [0.15, 0.2) is 0 Å². The maximum absolute atomic E-state index is 13.3. The number of amides is 1. The summed E-state index contributed by atoms with van der Waals surface area (Å²) in [4.78, 5) is 13.0. The molecule has 1 aliphatic rings. The molecule has 3 aromatic carbocycles. The smallest absolute Gasteiger partial charge is 0.255 e. The van der Waals surface area contributed by atoms with Crippen molar-refractivity contribution in [2.75, 3.05) is 11.9 Å². The van der Waals surface area contributed by atoms with Crippen molar-refractivity contribution < 1.29 is 13.2 Å². The molecule has 0 aliphatic carbocycles. The Balaban J connectivity index is 1.58. The molecule has 0 atom stereocenters. The number of fused-ring (bicyclic) bond motifs is 1. The maximum Gasteiger partial charge on any atom is 0.255 e. The number of anilines is 1. The van der Waals surface area contributed by atoms with Gasteiger partial charge in [0.25, 0.3) is 5.91 Å². The van der Waals surface area contributed by atoms with Gasteiger partial charge in [0.2, 0.25) is 10.0 Å². The normalized spacial score (nSPS) is 14.3. The van der Waals surface area contributed by atoms with Crippen LogP contribution in [0.2, 0.25) is 0 Å². The molecular weight excluding hydrogens is 408 g/mol. The third-order valence-corrected chi connectivity index (χ3v) is 7.50. The van der Waals surface area contributed by atoms with Crippen LogP contribution in [0, 0.1) is 0 Å². The summed E-state index contributed by atoms with van der Waals surface area (Å²) in [5.41, 5.74) is 4.30. The van der Waals surface area contributed by atoms with Crippen LogP contribution in [0.25, 0.3) is 0 Å². The lowest BCUT2D eigenvalue weighted by Crippen LogP contribution is -2.36. The number of carbonyl (C=O) groups is 1. The highest BCUT2D eigenvalue weighted by molar-refractivity contribution is 7.89. The minimum atomic E-state index is -3.70. The minimum absolute atomic E-state index is 0.136. The first kappa shape index (κ1) is 21.3. The summed E-state index contributed by atoms with van der Waals surface area (Å²) in [5.74, 6) is -0.0701. The van der Waals surface area contributed by atoms with Crippen LogP contribution in [0.3, 0.4) is 0 Å². The average Bonchev–Trinajstić information content (AvgIpc) is 2.79. The van der Waals surface area contributed by atoms with Gasteiger partial charge in [-0.2, -0.15) is 4.31 Å². The fraction of sp³-hybridized carbons (Fsp3) is 0.240. The van der Waals surface area contributed by atoms with Gasteiger partial charge >= 0.3 is 0 Å². The molecule has 0 radical (unpaired) electrons. The lowest BCUT2D eigenvalue weighted by atomic mass is 10.0. The SMILES string of the molecule is CC(C)c1ccccc1NC(=O)c1cccc(S(=O)(=O)N2CCc3ccccc3C2)c1. The first-order valence-corrected chi connectivity index (χ1v) is 11.9. The van der Waals surface area contributed by atoms with Gasteiger partial charge in [-0.15, -0.1) is 0 Å². The van der Waals surface area contributed by atoms with Crippen LogP contribution in [0.1, 0.15) is 46.8 Å². The Morgan fingerprint density at radius 2 is 1.65 bits per heavy atom. The largest absolute Gasteiger partial charge is 0.322 e. The third-order valence-electron chi connectivity index (χ3n) is 5.66. The van der Waals surface area contributed by atoms with Crippen molar-refractivity contribution in [2.45, 2.75) is 37.6 Å². The van der Waals surface area contributed by atoms with Gasteiger partial charge in [-0.1, -0.05) is 62.4 Å². The van der Waals surface area contributed by atoms with Crippen molar-refractivity contribution in [1.29, 1.82) is 0 Å². The molecule has 1 aliphatic heterocycles. The average molecular weight is 435 g/mol. The summed E-state index contributed by atoms with van der Waals surface area (Å²) >= 11 is 0. The van der Waals surface area contributed by atoms with Crippen LogP contribution in [-0.4, -0.2) is 25.2 Å². The lowest BCUT2D eigenvalue weighted by Gasteiger charge is -2.28. The van der Waals surface area contributed by atoms with Crippen LogP contribution in [0.5, 0.6) is 0 Å². The van der Waals surface area contributed by atoms with Gasteiger partial charge in [0, 0.05) is 24.3 Å². The first-order valence-electron chi connectivity index (χ1n) is 10.4. The van der Waals surface area contributed by atoms with Crippen molar-refractivity contribution in [1.82, 2.24) is 4.31 Å². The number of nitrogens with one attached hydrogen (secondary N) is 1. The highest BCUT2D eigenvalue weighted by atomic mass is 32.2. The van der Waals surface area contributed by atoms with Crippen molar-refractivity contribution in [3.8, 4) is 0 Å². The summed E-state index contributed by atoms with van der Waals surface area (Å²) in [7, 11) is -3.70. The highest BCUT2D eigenvalue weighted by Gasteiger charge is 2.28. The zero-order valence-electron chi connectivity index (χ0n) is 17.7. The van der Waals surface area contributed by atoms with Gasteiger partial charge < -0.3 is 5.32 Å². The fourth-order valence-electron chi connectivity index (χ4n) is 3.93. The van der Waals surface area contributed by atoms with E-state index in [0.717, 1.165) is 16.8 Å². The summed E-state index contributed by atoms with van der Waals surface area (Å²) in [6, 6.07) is 21.8. The Hall–Kier alpha value is -2.96. The van der Waals surface area contributed by atoms with Crippen LogP contribution in [-0.2, 0) is 23.0 Å². The van der Waals surface area contributed by atoms with E-state index in [4.69, 9.17) is 0 Å². The third kappa shape index (κ3) is 4.40. The molecular formula is C25H26N2O3S. The number of para-hydroxylation sites is 1. The predicted octanol–water partition coefficient (Wildman–Crippen LogP) is 4.81. The maximum atomic E-state index is 13.3. The van der Waals surface area contributed by atoms with Crippen LogP contribution < -0.4 is 5.32 Å². The highest BCUT2D eigenvalue weighted by Crippen LogP contribution is 2.27. The van der Waals surface area contributed by atoms with Crippen molar-refractivity contribution in [3.63, 3.8) is 0 Å². The summed E-state index contributed by atoms with van der Waals surface area (Å²) in [6.07, 6.45) is 0.682. The molecule has 160 valence electrons. The Labute approximate surface area is 183 Å². The quantitative estimate of drug-likeness (QED) is 0.627. The standard InChI is InChI=1S/C25H26N2O3S/c1-18(2)23-12-5-6-13-24(23)26-25(28)20-10-7-11-22(16-20)31(29,30)27-15-14-19-8-3-4-9-21(19)17-27/h3-13,16,18H,14-15,17H2,1-2H3,(H,26,28). The van der Waals surface area contributed by atoms with E-state index in [-0.39, 0.29) is 16.7 Å². The molecule has 5 nitrogen and oxygen atoms in total. The van der Waals surface area contributed by atoms with Gasteiger partial charge in [-0.25, -0.2) is 8.42 Å².